The molecule has 1 amide bonds. The molecule has 4 rings (SSSR count). The maximum absolute atomic E-state index is 12.7. The van der Waals surface area contributed by atoms with E-state index in [2.05, 4.69) is 36.4 Å². The number of carboxylic acids is 1. The summed E-state index contributed by atoms with van der Waals surface area (Å²) in [5.74, 6) is -1.60. The lowest BCUT2D eigenvalue weighted by atomic mass is 9.86. The van der Waals surface area contributed by atoms with Gasteiger partial charge < -0.3 is 10.2 Å². The number of aryl methyl sites for hydroxylation is 1. The fourth-order valence-corrected chi connectivity index (χ4v) is 4.28. The Labute approximate surface area is 227 Å². The number of carbonyl (C=O) groups is 2. The van der Waals surface area contributed by atoms with Crippen LogP contribution < -0.4 is 5.43 Å². The minimum atomic E-state index is -1.06. The molecule has 0 saturated heterocycles. The summed E-state index contributed by atoms with van der Waals surface area (Å²) in [5.41, 5.74) is 7.45. The molecule has 4 aromatic rings. The van der Waals surface area contributed by atoms with E-state index in [0.717, 1.165) is 11.1 Å². The highest BCUT2D eigenvalue weighted by molar-refractivity contribution is 6.03. The average Bonchev–Trinajstić information content (AvgIpc) is 3.22. The van der Waals surface area contributed by atoms with Crippen molar-refractivity contribution in [2.75, 3.05) is 0 Å². The van der Waals surface area contributed by atoms with Gasteiger partial charge in [-0.25, -0.2) is 10.2 Å². The van der Waals surface area contributed by atoms with Gasteiger partial charge in [0.05, 0.1) is 17.8 Å². The largest absolute Gasteiger partial charge is 0.504 e. The molecule has 1 heterocycles. The Kier molecular flexibility index (Phi) is 7.67. The third-order valence-electron chi connectivity index (χ3n) is 6.51. The van der Waals surface area contributed by atoms with Crippen LogP contribution in [0.2, 0.25) is 0 Å². The van der Waals surface area contributed by atoms with Crippen molar-refractivity contribution < 1.29 is 19.8 Å². The van der Waals surface area contributed by atoms with Crippen LogP contribution in [0.4, 0.5) is 0 Å². The lowest BCUT2D eigenvalue weighted by molar-refractivity contribution is 0.0695. The molecule has 3 N–H and O–H groups in total. The van der Waals surface area contributed by atoms with Crippen molar-refractivity contribution in [3.05, 3.63) is 106 Å². The maximum Gasteiger partial charge on any atom is 0.335 e. The van der Waals surface area contributed by atoms with Gasteiger partial charge in [-0.2, -0.15) is 10.2 Å². The van der Waals surface area contributed by atoms with Gasteiger partial charge in [0.2, 0.25) is 0 Å². The quantitative estimate of drug-likeness (QED) is 0.210. The standard InChI is InChI=1S/C31H32N4O4/c1-19-17-23(13-16-25(19)30(38)39)29(37)33-32-20(2)26-28(36)27(22-11-14-24(15-12-22)31(3,4)5)35(34-26)18-21-9-7-6-8-10-21/h6-17,36H,18H2,1-5H3,(H,33,37)(H,38,39)/b32-20-. The monoisotopic (exact) mass is 524 g/mol. The van der Waals surface area contributed by atoms with E-state index in [1.54, 1.807) is 18.5 Å². The van der Waals surface area contributed by atoms with Crippen LogP contribution in [0.15, 0.2) is 77.9 Å². The summed E-state index contributed by atoms with van der Waals surface area (Å²) in [5, 5.41) is 29.4. The van der Waals surface area contributed by atoms with Gasteiger partial charge in [0.15, 0.2) is 11.4 Å². The zero-order valence-electron chi connectivity index (χ0n) is 22.7. The zero-order valence-corrected chi connectivity index (χ0v) is 22.7. The van der Waals surface area contributed by atoms with E-state index in [1.165, 1.54) is 23.8 Å². The molecule has 8 nitrogen and oxygen atoms in total. The number of benzene rings is 3. The first-order valence-corrected chi connectivity index (χ1v) is 12.6. The lowest BCUT2D eigenvalue weighted by Crippen LogP contribution is -2.20. The van der Waals surface area contributed by atoms with Gasteiger partial charge in [0.1, 0.15) is 5.69 Å². The van der Waals surface area contributed by atoms with Crippen LogP contribution >= 0.6 is 0 Å². The topological polar surface area (TPSA) is 117 Å². The van der Waals surface area contributed by atoms with Gasteiger partial charge in [0.25, 0.3) is 5.91 Å². The highest BCUT2D eigenvalue weighted by Crippen LogP contribution is 2.35. The Hall–Kier alpha value is -4.72. The molecule has 200 valence electrons. The molecule has 0 aliphatic carbocycles. The number of carbonyl (C=O) groups excluding carboxylic acids is 1. The van der Waals surface area contributed by atoms with Crippen molar-refractivity contribution in [3.63, 3.8) is 0 Å². The number of carboxylic acid groups (broad SMARTS) is 1. The predicted octanol–water partition coefficient (Wildman–Crippen LogP) is 5.76. The number of hydrogen-bond donors (Lipinski definition) is 3. The van der Waals surface area contributed by atoms with Gasteiger partial charge in [0, 0.05) is 11.1 Å². The lowest BCUT2D eigenvalue weighted by Gasteiger charge is -2.19. The molecule has 8 heteroatoms. The van der Waals surface area contributed by atoms with Gasteiger partial charge in [-0.15, -0.1) is 0 Å². The molecule has 0 radical (unpaired) electrons. The highest BCUT2D eigenvalue weighted by Gasteiger charge is 2.22. The second-order valence-electron chi connectivity index (χ2n) is 10.5. The molecule has 3 aromatic carbocycles. The van der Waals surface area contributed by atoms with Gasteiger partial charge in [-0.3, -0.25) is 9.48 Å². The van der Waals surface area contributed by atoms with Crippen molar-refractivity contribution in [3.8, 4) is 17.0 Å². The molecule has 0 unspecified atom stereocenters. The minimum Gasteiger partial charge on any atom is -0.504 e. The summed E-state index contributed by atoms with van der Waals surface area (Å²) < 4.78 is 1.74. The molecule has 0 saturated carbocycles. The molecule has 0 fully saturated rings. The van der Waals surface area contributed by atoms with E-state index in [4.69, 9.17) is 0 Å². The molecule has 0 aliphatic heterocycles. The summed E-state index contributed by atoms with van der Waals surface area (Å²) in [6, 6.07) is 22.2. The predicted molar refractivity (Wildman–Crippen MR) is 151 cm³/mol. The van der Waals surface area contributed by atoms with E-state index >= 15 is 0 Å². The normalized spacial score (nSPS) is 11.9. The number of nitrogens with zero attached hydrogens (tertiary/aromatic N) is 3. The number of rotatable bonds is 7. The molecule has 0 aliphatic rings. The van der Waals surface area contributed by atoms with Crippen molar-refractivity contribution in [1.29, 1.82) is 0 Å². The number of aromatic carboxylic acids is 1. The highest BCUT2D eigenvalue weighted by atomic mass is 16.4. The van der Waals surface area contributed by atoms with Crippen LogP contribution in [0.25, 0.3) is 11.3 Å². The Bertz CT molecular complexity index is 1550. The first-order valence-electron chi connectivity index (χ1n) is 12.6. The Morgan fingerprint density at radius 3 is 2.26 bits per heavy atom. The SMILES string of the molecule is C/C(=N/NC(=O)c1ccc(C(=O)O)c(C)c1)c1nn(Cc2ccccc2)c(-c2ccc(C(C)(C)C)cc2)c1O. The molecule has 0 bridgehead atoms. The summed E-state index contributed by atoms with van der Waals surface area (Å²) in [6.45, 7) is 10.1. The van der Waals surface area contributed by atoms with E-state index in [0.29, 0.717) is 23.5 Å². The van der Waals surface area contributed by atoms with E-state index in [1.807, 2.05) is 54.6 Å². The van der Waals surface area contributed by atoms with Crippen LogP contribution in [0.1, 0.15) is 70.8 Å². The summed E-state index contributed by atoms with van der Waals surface area (Å²) in [6.07, 6.45) is 0. The van der Waals surface area contributed by atoms with Crippen LogP contribution in [0.3, 0.4) is 0 Å². The van der Waals surface area contributed by atoms with E-state index in [-0.39, 0.29) is 28.0 Å². The van der Waals surface area contributed by atoms with Gasteiger partial charge in [-0.1, -0.05) is 75.4 Å². The van der Waals surface area contributed by atoms with Crippen molar-refractivity contribution in [1.82, 2.24) is 15.2 Å². The summed E-state index contributed by atoms with van der Waals surface area (Å²) in [4.78, 5) is 24.0. The first kappa shape index (κ1) is 27.3. The van der Waals surface area contributed by atoms with Gasteiger partial charge >= 0.3 is 5.97 Å². The Morgan fingerprint density at radius 1 is 1.00 bits per heavy atom. The Morgan fingerprint density at radius 2 is 1.67 bits per heavy atom. The third kappa shape index (κ3) is 6.06. The van der Waals surface area contributed by atoms with Crippen LogP contribution in [0.5, 0.6) is 5.75 Å². The fraction of sp³-hybridized carbons (Fsp3) is 0.226. The Balaban J connectivity index is 1.67. The van der Waals surface area contributed by atoms with Crippen molar-refractivity contribution in [2.45, 2.75) is 46.6 Å². The second-order valence-corrected chi connectivity index (χ2v) is 10.5. The maximum atomic E-state index is 12.7. The molecular formula is C31H32N4O4. The van der Waals surface area contributed by atoms with Crippen LogP contribution in [0, 0.1) is 6.92 Å². The third-order valence-corrected chi connectivity index (χ3v) is 6.51. The van der Waals surface area contributed by atoms with Crippen molar-refractivity contribution in [2.24, 2.45) is 5.10 Å². The summed E-state index contributed by atoms with van der Waals surface area (Å²) in [7, 11) is 0. The van der Waals surface area contributed by atoms with Crippen LogP contribution in [-0.4, -0.2) is 37.6 Å². The number of nitrogens with one attached hydrogen (secondary N) is 1. The van der Waals surface area contributed by atoms with Gasteiger partial charge in [-0.05, 0) is 54.2 Å². The van der Waals surface area contributed by atoms with Crippen LogP contribution in [-0.2, 0) is 12.0 Å². The van der Waals surface area contributed by atoms with Crippen molar-refractivity contribution >= 4 is 17.6 Å². The molecule has 0 atom stereocenters. The number of hydrogen-bond acceptors (Lipinski definition) is 5. The first-order chi connectivity index (χ1) is 18.5. The number of amides is 1. The number of aromatic nitrogens is 2. The smallest absolute Gasteiger partial charge is 0.335 e. The minimum absolute atomic E-state index is 0.00996. The molecule has 39 heavy (non-hydrogen) atoms. The second kappa shape index (κ2) is 10.9. The molecule has 1 aromatic heterocycles. The average molecular weight is 525 g/mol. The van der Waals surface area contributed by atoms with E-state index < -0.39 is 11.9 Å². The molecular weight excluding hydrogens is 492 g/mol. The fourth-order valence-electron chi connectivity index (χ4n) is 4.28. The number of aromatic hydroxyl groups is 1. The zero-order chi connectivity index (χ0) is 28.3. The summed E-state index contributed by atoms with van der Waals surface area (Å²) >= 11 is 0. The number of hydrazone groups is 1. The van der Waals surface area contributed by atoms with E-state index in [9.17, 15) is 19.8 Å². The molecule has 0 spiro atoms.